The minimum atomic E-state index is -0.482. The van der Waals surface area contributed by atoms with Crippen molar-refractivity contribution >= 4 is 11.6 Å². The van der Waals surface area contributed by atoms with Crippen molar-refractivity contribution in [3.8, 4) is 5.75 Å². The van der Waals surface area contributed by atoms with Gasteiger partial charge in [0.05, 0.1) is 24.0 Å². The standard InChI is InChI=1S/C18H20N2O4/c1-14(15-6-3-2-4-7-15)13-19-18(21)10-11-24-17-9-5-8-16(12-17)20(22)23/h2-9,12,14H,10-11,13H2,1H3,(H,19,21). The Kier molecular flexibility index (Phi) is 6.31. The van der Waals surface area contributed by atoms with Gasteiger partial charge in [-0.2, -0.15) is 0 Å². The molecular weight excluding hydrogens is 308 g/mol. The van der Waals surface area contributed by atoms with E-state index in [1.807, 2.05) is 30.3 Å². The van der Waals surface area contributed by atoms with E-state index in [0.29, 0.717) is 12.3 Å². The van der Waals surface area contributed by atoms with Crippen LogP contribution in [0.3, 0.4) is 0 Å². The number of rotatable bonds is 8. The van der Waals surface area contributed by atoms with Crippen molar-refractivity contribution in [2.75, 3.05) is 13.2 Å². The average Bonchev–Trinajstić information content (AvgIpc) is 2.60. The van der Waals surface area contributed by atoms with Crippen LogP contribution in [0.25, 0.3) is 0 Å². The lowest BCUT2D eigenvalue weighted by Gasteiger charge is -2.13. The zero-order valence-electron chi connectivity index (χ0n) is 13.5. The van der Waals surface area contributed by atoms with Gasteiger partial charge in [0.1, 0.15) is 5.75 Å². The molecule has 6 nitrogen and oxygen atoms in total. The molecule has 2 aromatic carbocycles. The van der Waals surface area contributed by atoms with Gasteiger partial charge < -0.3 is 10.1 Å². The maximum absolute atomic E-state index is 11.8. The molecule has 1 atom stereocenters. The highest BCUT2D eigenvalue weighted by Crippen LogP contribution is 2.19. The van der Waals surface area contributed by atoms with Crippen LogP contribution in [0.4, 0.5) is 5.69 Å². The molecule has 0 fully saturated rings. The van der Waals surface area contributed by atoms with Crippen molar-refractivity contribution in [2.45, 2.75) is 19.3 Å². The second-order valence-electron chi connectivity index (χ2n) is 5.47. The third-order valence-corrected chi connectivity index (χ3v) is 3.60. The van der Waals surface area contributed by atoms with Crippen LogP contribution in [0.1, 0.15) is 24.8 Å². The molecular formula is C18H20N2O4. The number of carbonyl (C=O) groups is 1. The van der Waals surface area contributed by atoms with Crippen LogP contribution in [0.5, 0.6) is 5.75 Å². The third kappa shape index (κ3) is 5.39. The van der Waals surface area contributed by atoms with Crippen LogP contribution >= 0.6 is 0 Å². The largest absolute Gasteiger partial charge is 0.493 e. The summed E-state index contributed by atoms with van der Waals surface area (Å²) in [5, 5.41) is 13.6. The number of non-ortho nitro benzene ring substituents is 1. The molecule has 1 N–H and O–H groups in total. The molecule has 0 radical (unpaired) electrons. The molecule has 1 amide bonds. The number of amides is 1. The maximum atomic E-state index is 11.8. The first-order valence-corrected chi connectivity index (χ1v) is 7.75. The van der Waals surface area contributed by atoms with Gasteiger partial charge in [0, 0.05) is 12.6 Å². The Labute approximate surface area is 140 Å². The highest BCUT2D eigenvalue weighted by atomic mass is 16.6. The van der Waals surface area contributed by atoms with Crippen molar-refractivity contribution in [2.24, 2.45) is 0 Å². The maximum Gasteiger partial charge on any atom is 0.273 e. The molecule has 0 aromatic heterocycles. The second-order valence-corrected chi connectivity index (χ2v) is 5.47. The third-order valence-electron chi connectivity index (χ3n) is 3.60. The number of nitro benzene ring substituents is 1. The predicted molar refractivity (Wildman–Crippen MR) is 91.1 cm³/mol. The van der Waals surface area contributed by atoms with E-state index in [2.05, 4.69) is 12.2 Å². The number of hydrogen-bond donors (Lipinski definition) is 1. The number of nitrogens with one attached hydrogen (secondary N) is 1. The van der Waals surface area contributed by atoms with E-state index in [1.54, 1.807) is 12.1 Å². The van der Waals surface area contributed by atoms with Gasteiger partial charge in [-0.3, -0.25) is 14.9 Å². The molecule has 2 rings (SSSR count). The molecule has 24 heavy (non-hydrogen) atoms. The summed E-state index contributed by atoms with van der Waals surface area (Å²) >= 11 is 0. The Morgan fingerprint density at radius 2 is 1.96 bits per heavy atom. The number of ether oxygens (including phenoxy) is 1. The van der Waals surface area contributed by atoms with Gasteiger partial charge in [0.15, 0.2) is 0 Å². The van der Waals surface area contributed by atoms with Crippen LogP contribution in [-0.2, 0) is 4.79 Å². The minimum Gasteiger partial charge on any atom is -0.493 e. The average molecular weight is 328 g/mol. The highest BCUT2D eigenvalue weighted by molar-refractivity contribution is 5.76. The lowest BCUT2D eigenvalue weighted by molar-refractivity contribution is -0.384. The van der Waals surface area contributed by atoms with Crippen molar-refractivity contribution in [3.63, 3.8) is 0 Å². The highest BCUT2D eigenvalue weighted by Gasteiger charge is 2.09. The zero-order chi connectivity index (χ0) is 17.4. The summed E-state index contributed by atoms with van der Waals surface area (Å²) in [6.07, 6.45) is 0.199. The van der Waals surface area contributed by atoms with Crippen molar-refractivity contribution in [3.05, 3.63) is 70.3 Å². The fraction of sp³-hybridized carbons (Fsp3) is 0.278. The molecule has 1 unspecified atom stereocenters. The zero-order valence-corrected chi connectivity index (χ0v) is 13.5. The van der Waals surface area contributed by atoms with E-state index in [-0.39, 0.29) is 30.5 Å². The summed E-state index contributed by atoms with van der Waals surface area (Å²) in [5.41, 5.74) is 1.14. The number of nitrogens with zero attached hydrogens (tertiary/aromatic N) is 1. The van der Waals surface area contributed by atoms with Gasteiger partial charge in [-0.15, -0.1) is 0 Å². The quantitative estimate of drug-likeness (QED) is 0.595. The summed E-state index contributed by atoms with van der Waals surface area (Å²) in [6.45, 7) is 2.78. The van der Waals surface area contributed by atoms with E-state index < -0.39 is 4.92 Å². The Hall–Kier alpha value is -2.89. The van der Waals surface area contributed by atoms with E-state index in [1.165, 1.54) is 17.7 Å². The first kappa shape index (κ1) is 17.5. The topological polar surface area (TPSA) is 81.5 Å². The Bertz CT molecular complexity index is 688. The second kappa shape index (κ2) is 8.67. The smallest absolute Gasteiger partial charge is 0.273 e. The first-order chi connectivity index (χ1) is 11.6. The van der Waals surface area contributed by atoms with Crippen molar-refractivity contribution < 1.29 is 14.5 Å². The predicted octanol–water partition coefficient (Wildman–Crippen LogP) is 3.28. The number of nitro groups is 1. The Morgan fingerprint density at radius 3 is 2.67 bits per heavy atom. The van der Waals surface area contributed by atoms with Crippen molar-refractivity contribution in [1.29, 1.82) is 0 Å². The lowest BCUT2D eigenvalue weighted by atomic mass is 10.0. The van der Waals surface area contributed by atoms with Gasteiger partial charge >= 0.3 is 0 Å². The van der Waals surface area contributed by atoms with Crippen LogP contribution in [0.15, 0.2) is 54.6 Å². The molecule has 0 heterocycles. The summed E-state index contributed by atoms with van der Waals surface area (Å²) in [5.74, 6) is 0.505. The number of benzene rings is 2. The molecule has 0 saturated heterocycles. The molecule has 0 saturated carbocycles. The number of hydrogen-bond acceptors (Lipinski definition) is 4. The van der Waals surface area contributed by atoms with Gasteiger partial charge in [-0.1, -0.05) is 43.3 Å². The molecule has 0 aliphatic heterocycles. The van der Waals surface area contributed by atoms with Crippen LogP contribution in [-0.4, -0.2) is 24.0 Å². The normalized spacial score (nSPS) is 11.5. The fourth-order valence-corrected chi connectivity index (χ4v) is 2.20. The molecule has 0 aliphatic rings. The van der Waals surface area contributed by atoms with Gasteiger partial charge in [-0.05, 0) is 17.5 Å². The van der Waals surface area contributed by atoms with Gasteiger partial charge in [-0.25, -0.2) is 0 Å². The Balaban J connectivity index is 1.72. The van der Waals surface area contributed by atoms with E-state index in [9.17, 15) is 14.9 Å². The van der Waals surface area contributed by atoms with Crippen LogP contribution in [0, 0.1) is 10.1 Å². The summed E-state index contributed by atoms with van der Waals surface area (Å²) in [6, 6.07) is 15.9. The first-order valence-electron chi connectivity index (χ1n) is 7.75. The van der Waals surface area contributed by atoms with Gasteiger partial charge in [0.25, 0.3) is 5.69 Å². The molecule has 6 heteroatoms. The molecule has 0 spiro atoms. The summed E-state index contributed by atoms with van der Waals surface area (Å²) < 4.78 is 5.39. The fourth-order valence-electron chi connectivity index (χ4n) is 2.20. The molecule has 0 bridgehead atoms. The molecule has 2 aromatic rings. The van der Waals surface area contributed by atoms with E-state index in [0.717, 1.165) is 0 Å². The monoisotopic (exact) mass is 328 g/mol. The lowest BCUT2D eigenvalue weighted by Crippen LogP contribution is -2.28. The van der Waals surface area contributed by atoms with Gasteiger partial charge in [0.2, 0.25) is 5.91 Å². The molecule has 126 valence electrons. The SMILES string of the molecule is CC(CNC(=O)CCOc1cccc([N+](=O)[O-])c1)c1ccccc1. The van der Waals surface area contributed by atoms with Crippen molar-refractivity contribution in [1.82, 2.24) is 5.32 Å². The minimum absolute atomic E-state index is 0.0337. The Morgan fingerprint density at radius 1 is 1.21 bits per heavy atom. The number of carbonyl (C=O) groups excluding carboxylic acids is 1. The molecule has 0 aliphatic carbocycles. The van der Waals surface area contributed by atoms with Crippen LogP contribution in [0.2, 0.25) is 0 Å². The van der Waals surface area contributed by atoms with Crippen LogP contribution < -0.4 is 10.1 Å². The van der Waals surface area contributed by atoms with E-state index in [4.69, 9.17) is 4.74 Å². The summed E-state index contributed by atoms with van der Waals surface area (Å²) in [4.78, 5) is 22.1. The summed E-state index contributed by atoms with van der Waals surface area (Å²) in [7, 11) is 0. The van der Waals surface area contributed by atoms with E-state index >= 15 is 0 Å².